The van der Waals surface area contributed by atoms with Crippen molar-refractivity contribution in [3.05, 3.63) is 76.9 Å². The van der Waals surface area contributed by atoms with Crippen LogP contribution < -0.4 is 15.2 Å². The first-order valence-corrected chi connectivity index (χ1v) is 28.4. The number of hydroxylamine groups is 2. The van der Waals surface area contributed by atoms with E-state index in [1.807, 2.05) is 32.0 Å². The molecule has 448 valence electrons. The standard InChI is InChI=1S/C51H70F4N4O19S2/c1-3-12-59(77-4-2)51(61)40-33-39-9-8-38(35-42(39)58-43(56)36-40)37-6-5-7-41(34-37)79(62,63)57-11-14-68-16-18-70-20-22-72-24-26-74-28-30-76-32-31-75-29-27-73-25-23-71-21-19-69-17-15-67-13-10-44(60)78-49-45(52)47(54)50(80(64,65)66)48(55)46(49)53/h5-9,33-35,57H,3-4,10-32,36H2,1-2H3,(H2,56,58)(H,64,65,66). The highest BCUT2D eigenvalue weighted by molar-refractivity contribution is 7.89. The minimum absolute atomic E-state index is 0.0121. The number of nitrogens with zero attached hydrogens (tertiary/aromatic N) is 2. The molecule has 1 heterocycles. The molecule has 4 N–H and O–H groups in total. The molecule has 23 nitrogen and oxygen atoms in total. The molecule has 3 aromatic carbocycles. The fourth-order valence-corrected chi connectivity index (χ4v) is 8.63. The number of aliphatic imine (C=N–C) groups is 1. The maximum Gasteiger partial charge on any atom is 0.313 e. The Kier molecular flexibility index (Phi) is 31.3. The van der Waals surface area contributed by atoms with Crippen LogP contribution >= 0.6 is 0 Å². The molecule has 0 aromatic heterocycles. The van der Waals surface area contributed by atoms with E-state index >= 15 is 0 Å². The number of hydrogen-bond acceptors (Lipinski definition) is 20. The molecular formula is C51H70F4N4O19S2. The van der Waals surface area contributed by atoms with Crippen molar-refractivity contribution in [3.8, 4) is 16.9 Å². The van der Waals surface area contributed by atoms with Crippen molar-refractivity contribution in [1.29, 1.82) is 0 Å². The van der Waals surface area contributed by atoms with E-state index in [2.05, 4.69) is 14.5 Å². The van der Waals surface area contributed by atoms with Crippen molar-refractivity contribution in [1.82, 2.24) is 9.79 Å². The number of ether oxygens (including phenoxy) is 11. The second kappa shape index (κ2) is 37.1. The minimum Gasteiger partial charge on any atom is -0.420 e. The first kappa shape index (κ1) is 67.4. The molecule has 0 unspecified atom stereocenters. The van der Waals surface area contributed by atoms with E-state index < -0.39 is 66.4 Å². The van der Waals surface area contributed by atoms with E-state index in [0.717, 1.165) is 12.0 Å². The van der Waals surface area contributed by atoms with Crippen LogP contribution in [0.15, 0.2) is 62.8 Å². The van der Waals surface area contributed by atoms with Crippen molar-refractivity contribution in [2.24, 2.45) is 10.7 Å². The fourth-order valence-electron chi connectivity index (χ4n) is 6.93. The van der Waals surface area contributed by atoms with Crippen LogP contribution in [0, 0.1) is 23.3 Å². The van der Waals surface area contributed by atoms with Gasteiger partial charge in [-0.15, -0.1) is 0 Å². The highest BCUT2D eigenvalue weighted by Gasteiger charge is 2.34. The van der Waals surface area contributed by atoms with E-state index in [1.165, 1.54) is 11.1 Å². The summed E-state index contributed by atoms with van der Waals surface area (Å²) in [5.41, 5.74) is 9.33. The number of sulfonamides is 1. The normalized spacial score (nSPS) is 12.7. The predicted octanol–water partition coefficient (Wildman–Crippen LogP) is 4.56. The lowest BCUT2D eigenvalue weighted by Gasteiger charge is -2.21. The second-order valence-electron chi connectivity index (χ2n) is 16.7. The number of nitrogens with one attached hydrogen (secondary N) is 1. The summed E-state index contributed by atoms with van der Waals surface area (Å²) < 4.78 is 174. The quantitative estimate of drug-likeness (QED) is 0.0133. The largest absolute Gasteiger partial charge is 0.420 e. The highest BCUT2D eigenvalue weighted by atomic mass is 32.2. The number of amides is 1. The first-order chi connectivity index (χ1) is 38.5. The number of benzene rings is 3. The van der Waals surface area contributed by atoms with Crippen molar-refractivity contribution < 1.29 is 105 Å². The first-order valence-electron chi connectivity index (χ1n) is 25.5. The Morgan fingerprint density at radius 1 is 0.637 bits per heavy atom. The molecule has 0 saturated heterocycles. The van der Waals surface area contributed by atoms with Gasteiger partial charge in [0.1, 0.15) is 5.84 Å². The molecule has 0 atom stereocenters. The van der Waals surface area contributed by atoms with E-state index in [0.29, 0.717) is 121 Å². The number of amidine groups is 1. The number of carbonyl (C=O) groups is 2. The van der Waals surface area contributed by atoms with Crippen LogP contribution in [0.4, 0.5) is 23.2 Å². The molecule has 1 aliphatic rings. The summed E-state index contributed by atoms with van der Waals surface area (Å²) >= 11 is 0. The molecule has 4 rings (SSSR count). The van der Waals surface area contributed by atoms with E-state index in [4.69, 9.17) is 62.5 Å². The minimum atomic E-state index is -5.65. The number of fused-ring (bicyclic) bond motifs is 1. The number of nitrogens with two attached hydrogens (primary N) is 1. The number of hydrogen-bond donors (Lipinski definition) is 3. The van der Waals surface area contributed by atoms with Gasteiger partial charge >= 0.3 is 16.1 Å². The van der Waals surface area contributed by atoms with Crippen LogP contribution in [-0.2, 0) is 81.9 Å². The van der Waals surface area contributed by atoms with Crippen molar-refractivity contribution in [3.63, 3.8) is 0 Å². The lowest BCUT2D eigenvalue weighted by molar-refractivity contribution is -0.180. The van der Waals surface area contributed by atoms with Crippen LogP contribution in [0.1, 0.15) is 38.7 Å². The van der Waals surface area contributed by atoms with Gasteiger partial charge in [-0.1, -0.05) is 31.2 Å². The lowest BCUT2D eigenvalue weighted by atomic mass is 10.0. The van der Waals surface area contributed by atoms with Crippen LogP contribution in [0.2, 0.25) is 0 Å². The van der Waals surface area contributed by atoms with Gasteiger partial charge in [-0.3, -0.25) is 19.0 Å². The summed E-state index contributed by atoms with van der Waals surface area (Å²) in [4.78, 5) is 33.0. The zero-order chi connectivity index (χ0) is 58.2. The Hall–Kier alpha value is -5.09. The molecule has 0 fully saturated rings. The van der Waals surface area contributed by atoms with E-state index in [-0.39, 0.29) is 75.9 Å². The maximum absolute atomic E-state index is 14.0. The average Bonchev–Trinajstić information content (AvgIpc) is 3.62. The molecule has 3 aromatic rings. The van der Waals surface area contributed by atoms with Gasteiger partial charge in [-0.25, -0.2) is 32.0 Å². The van der Waals surface area contributed by atoms with Gasteiger partial charge in [-0.05, 0) is 48.7 Å². The van der Waals surface area contributed by atoms with Gasteiger partial charge in [0.2, 0.25) is 27.4 Å². The third-order valence-electron chi connectivity index (χ3n) is 10.7. The van der Waals surface area contributed by atoms with Crippen molar-refractivity contribution in [2.45, 2.75) is 42.9 Å². The fraction of sp³-hybridized carbons (Fsp3) is 0.549. The Morgan fingerprint density at radius 3 is 1.56 bits per heavy atom. The molecule has 29 heteroatoms. The molecule has 0 aliphatic carbocycles. The van der Waals surface area contributed by atoms with Gasteiger partial charge in [0.15, 0.2) is 16.5 Å². The SMILES string of the molecule is CCCN(OCC)C(=O)C1=Cc2ccc(-c3cccc(S(=O)(=O)NCCOCCOCCOCCOCCOCCOCCOCCOCCOCCOCCC(=O)Oc4c(F)c(F)c(S(=O)(=O)O)c(F)c4F)c3)cc2N=C(N)C1. The predicted molar refractivity (Wildman–Crippen MR) is 279 cm³/mol. The number of halogens is 4. The Bertz CT molecular complexity index is 2650. The zero-order valence-corrected chi connectivity index (χ0v) is 46.2. The molecule has 80 heavy (non-hydrogen) atoms. The van der Waals surface area contributed by atoms with Gasteiger partial charge < -0.3 is 57.8 Å². The summed E-state index contributed by atoms with van der Waals surface area (Å²) in [5.74, 6) is -12.7. The maximum atomic E-state index is 14.0. The number of esters is 1. The smallest absolute Gasteiger partial charge is 0.313 e. The Labute approximate surface area is 462 Å². The number of carbonyl (C=O) groups excluding carboxylic acids is 2. The summed E-state index contributed by atoms with van der Waals surface area (Å²) in [5, 5.41) is 1.35. The molecule has 0 radical (unpaired) electrons. The summed E-state index contributed by atoms with van der Waals surface area (Å²) in [6, 6.07) is 12.0. The van der Waals surface area contributed by atoms with Gasteiger partial charge in [-0.2, -0.15) is 17.2 Å². The Balaban J connectivity index is 0.888. The topological polar surface area (TPSA) is 287 Å². The van der Waals surface area contributed by atoms with Gasteiger partial charge in [0.25, 0.3) is 5.91 Å². The highest BCUT2D eigenvalue weighted by Crippen LogP contribution is 2.34. The van der Waals surface area contributed by atoms with Crippen LogP contribution in [0.3, 0.4) is 0 Å². The molecule has 0 spiro atoms. The summed E-state index contributed by atoms with van der Waals surface area (Å²) in [6.07, 6.45) is 2.06. The van der Waals surface area contributed by atoms with Crippen molar-refractivity contribution in [2.75, 3.05) is 152 Å². The number of rotatable bonds is 43. The van der Waals surface area contributed by atoms with E-state index in [9.17, 15) is 44.0 Å². The Morgan fingerprint density at radius 2 is 1.10 bits per heavy atom. The molecule has 0 bridgehead atoms. The molecule has 0 saturated carbocycles. The molecular weight excluding hydrogens is 1110 g/mol. The molecule has 1 amide bonds. The van der Waals surface area contributed by atoms with Gasteiger partial charge in [0.05, 0.1) is 156 Å². The third-order valence-corrected chi connectivity index (χ3v) is 13.0. The second-order valence-corrected chi connectivity index (χ2v) is 19.8. The van der Waals surface area contributed by atoms with Crippen LogP contribution in [0.25, 0.3) is 17.2 Å². The van der Waals surface area contributed by atoms with Crippen LogP contribution in [0.5, 0.6) is 5.75 Å². The average molecular weight is 1180 g/mol. The zero-order valence-electron chi connectivity index (χ0n) is 44.6. The summed E-state index contributed by atoms with van der Waals surface area (Å²) in [7, 11) is -9.50. The van der Waals surface area contributed by atoms with E-state index in [1.54, 1.807) is 24.3 Å². The summed E-state index contributed by atoms with van der Waals surface area (Å²) in [6.45, 7) is 9.94. The monoisotopic (exact) mass is 1180 g/mol. The third kappa shape index (κ3) is 24.2. The lowest BCUT2D eigenvalue weighted by Crippen LogP contribution is -2.34. The van der Waals surface area contributed by atoms with Crippen LogP contribution in [-0.4, -0.2) is 196 Å². The van der Waals surface area contributed by atoms with Gasteiger partial charge in [0, 0.05) is 30.6 Å². The molecule has 1 aliphatic heterocycles. The van der Waals surface area contributed by atoms with Crippen molar-refractivity contribution >= 4 is 49.6 Å².